The molecule has 0 saturated carbocycles. The first-order chi connectivity index (χ1) is 9.31. The van der Waals surface area contributed by atoms with Crippen molar-refractivity contribution in [2.24, 2.45) is 0 Å². The van der Waals surface area contributed by atoms with E-state index in [-0.39, 0.29) is 12.1 Å². The molecule has 0 aliphatic rings. The third kappa shape index (κ3) is 4.01. The van der Waals surface area contributed by atoms with Gasteiger partial charge in [0.15, 0.2) is 0 Å². The molecule has 0 fully saturated rings. The molecule has 1 aromatic rings. The Bertz CT molecular complexity index is 534. The third-order valence-electron chi connectivity index (χ3n) is 2.59. The van der Waals surface area contributed by atoms with Gasteiger partial charge in [0.1, 0.15) is 0 Å². The number of amides is 1. The van der Waals surface area contributed by atoms with Crippen molar-refractivity contribution in [3.63, 3.8) is 0 Å². The Morgan fingerprint density at radius 1 is 1.45 bits per heavy atom. The van der Waals surface area contributed by atoms with E-state index < -0.39 is 17.6 Å². The second-order valence-electron chi connectivity index (χ2n) is 4.12. The maximum absolute atomic E-state index is 12.7. The van der Waals surface area contributed by atoms with Gasteiger partial charge in [-0.15, -0.1) is 6.42 Å². The van der Waals surface area contributed by atoms with Gasteiger partial charge in [-0.05, 0) is 40.5 Å². The van der Waals surface area contributed by atoms with E-state index in [0.29, 0.717) is 17.4 Å². The van der Waals surface area contributed by atoms with Crippen LogP contribution in [0.2, 0.25) is 0 Å². The Hall–Kier alpha value is -1.48. The number of carbonyl (C=O) groups is 1. The zero-order chi connectivity index (χ0) is 15.3. The van der Waals surface area contributed by atoms with Gasteiger partial charge in [0.2, 0.25) is 0 Å². The Morgan fingerprint density at radius 2 is 2.10 bits per heavy atom. The van der Waals surface area contributed by atoms with Gasteiger partial charge < -0.3 is 4.90 Å². The number of terminal acetylenes is 1. The summed E-state index contributed by atoms with van der Waals surface area (Å²) in [7, 11) is 0. The van der Waals surface area contributed by atoms with E-state index in [1.54, 1.807) is 0 Å². The van der Waals surface area contributed by atoms with Gasteiger partial charge >= 0.3 is 6.18 Å². The van der Waals surface area contributed by atoms with Crippen LogP contribution in [-0.2, 0) is 6.18 Å². The van der Waals surface area contributed by atoms with Crippen LogP contribution in [0.25, 0.3) is 0 Å². The SMILES string of the molecule is C#CCN(CCC)C(=O)c1cc(C(F)(F)F)ccc1Br. The molecule has 0 unspecified atom stereocenters. The van der Waals surface area contributed by atoms with Gasteiger partial charge in [-0.1, -0.05) is 12.8 Å². The molecule has 0 radical (unpaired) electrons. The van der Waals surface area contributed by atoms with E-state index in [1.807, 2.05) is 6.92 Å². The number of nitrogens with zero attached hydrogens (tertiary/aromatic N) is 1. The maximum Gasteiger partial charge on any atom is 0.416 e. The molecule has 2 nitrogen and oxygen atoms in total. The van der Waals surface area contributed by atoms with Crippen molar-refractivity contribution in [2.75, 3.05) is 13.1 Å². The van der Waals surface area contributed by atoms with Crippen LogP contribution in [0.4, 0.5) is 13.2 Å². The first-order valence-corrected chi connectivity index (χ1v) is 6.70. The molecule has 0 atom stereocenters. The molecule has 0 N–H and O–H groups in total. The highest BCUT2D eigenvalue weighted by atomic mass is 79.9. The summed E-state index contributed by atoms with van der Waals surface area (Å²) in [5.41, 5.74) is -0.898. The third-order valence-corrected chi connectivity index (χ3v) is 3.28. The minimum atomic E-state index is -4.49. The lowest BCUT2D eigenvalue weighted by atomic mass is 10.1. The average Bonchev–Trinajstić information content (AvgIpc) is 2.37. The Balaban J connectivity index is 3.17. The predicted molar refractivity (Wildman–Crippen MR) is 74.2 cm³/mol. The standard InChI is InChI=1S/C14H13BrF3NO/c1-3-7-19(8-4-2)13(20)11-9-10(14(16,17)18)5-6-12(11)15/h1,5-6,9H,4,7-8H2,2H3. The molecule has 1 aromatic carbocycles. The van der Waals surface area contributed by atoms with E-state index in [0.717, 1.165) is 12.1 Å². The molecule has 1 rings (SSSR count). The van der Waals surface area contributed by atoms with Gasteiger partial charge in [-0.3, -0.25) is 4.79 Å². The lowest BCUT2D eigenvalue weighted by Gasteiger charge is -2.20. The molecule has 0 spiro atoms. The molecule has 0 aliphatic heterocycles. The highest BCUT2D eigenvalue weighted by Gasteiger charge is 2.32. The van der Waals surface area contributed by atoms with Gasteiger partial charge in [0.05, 0.1) is 17.7 Å². The molecular weight excluding hydrogens is 335 g/mol. The molecule has 0 aromatic heterocycles. The Kier molecular flexibility index (Phi) is 5.63. The van der Waals surface area contributed by atoms with Crippen molar-refractivity contribution >= 4 is 21.8 Å². The Labute approximate surface area is 124 Å². The average molecular weight is 348 g/mol. The fraction of sp³-hybridized carbons (Fsp3) is 0.357. The summed E-state index contributed by atoms with van der Waals surface area (Å²) in [6.07, 6.45) is 1.36. The monoisotopic (exact) mass is 347 g/mol. The highest BCUT2D eigenvalue weighted by Crippen LogP contribution is 2.32. The number of alkyl halides is 3. The van der Waals surface area contributed by atoms with E-state index in [1.165, 1.54) is 11.0 Å². The summed E-state index contributed by atoms with van der Waals surface area (Å²) in [5, 5.41) is 0. The van der Waals surface area contributed by atoms with Crippen LogP contribution in [0.3, 0.4) is 0 Å². The van der Waals surface area contributed by atoms with E-state index in [2.05, 4.69) is 21.9 Å². The van der Waals surface area contributed by atoms with Gasteiger partial charge in [-0.25, -0.2) is 0 Å². The van der Waals surface area contributed by atoms with Crippen LogP contribution in [0, 0.1) is 12.3 Å². The van der Waals surface area contributed by atoms with Crippen LogP contribution in [0.5, 0.6) is 0 Å². The number of hydrogen-bond acceptors (Lipinski definition) is 1. The molecular formula is C14H13BrF3NO. The van der Waals surface area contributed by atoms with Crippen LogP contribution in [-0.4, -0.2) is 23.9 Å². The summed E-state index contributed by atoms with van der Waals surface area (Å²) in [4.78, 5) is 13.6. The molecule has 0 aliphatic carbocycles. The van der Waals surface area contributed by atoms with Gasteiger partial charge in [-0.2, -0.15) is 13.2 Å². The largest absolute Gasteiger partial charge is 0.416 e. The topological polar surface area (TPSA) is 20.3 Å². The van der Waals surface area contributed by atoms with Crippen molar-refractivity contribution in [1.82, 2.24) is 4.90 Å². The number of hydrogen-bond donors (Lipinski definition) is 0. The maximum atomic E-state index is 12.7. The van der Waals surface area contributed by atoms with Crippen molar-refractivity contribution in [2.45, 2.75) is 19.5 Å². The van der Waals surface area contributed by atoms with E-state index >= 15 is 0 Å². The fourth-order valence-corrected chi connectivity index (χ4v) is 2.08. The molecule has 6 heteroatoms. The van der Waals surface area contributed by atoms with Crippen molar-refractivity contribution in [3.8, 4) is 12.3 Å². The summed E-state index contributed by atoms with van der Waals surface area (Å²) < 4.78 is 38.4. The number of rotatable bonds is 4. The highest BCUT2D eigenvalue weighted by molar-refractivity contribution is 9.10. The van der Waals surface area contributed by atoms with E-state index in [4.69, 9.17) is 6.42 Å². The summed E-state index contributed by atoms with van der Waals surface area (Å²) >= 11 is 3.10. The second kappa shape index (κ2) is 6.80. The first kappa shape index (κ1) is 16.6. The zero-order valence-corrected chi connectivity index (χ0v) is 12.4. The van der Waals surface area contributed by atoms with Crippen molar-refractivity contribution < 1.29 is 18.0 Å². The van der Waals surface area contributed by atoms with Crippen molar-refractivity contribution in [1.29, 1.82) is 0 Å². The van der Waals surface area contributed by atoms with Crippen LogP contribution in [0.1, 0.15) is 29.3 Å². The predicted octanol–water partition coefficient (Wildman–Crippen LogP) is 3.95. The fourth-order valence-electron chi connectivity index (χ4n) is 1.67. The molecule has 108 valence electrons. The van der Waals surface area contributed by atoms with Gasteiger partial charge in [0, 0.05) is 11.0 Å². The first-order valence-electron chi connectivity index (χ1n) is 5.90. The minimum Gasteiger partial charge on any atom is -0.327 e. The number of carbonyl (C=O) groups excluding carboxylic acids is 1. The quantitative estimate of drug-likeness (QED) is 0.755. The molecule has 0 bridgehead atoms. The molecule has 0 heterocycles. The van der Waals surface area contributed by atoms with Crippen LogP contribution < -0.4 is 0 Å². The van der Waals surface area contributed by atoms with Gasteiger partial charge in [0.25, 0.3) is 5.91 Å². The Morgan fingerprint density at radius 3 is 2.60 bits per heavy atom. The normalized spacial score (nSPS) is 11.0. The van der Waals surface area contributed by atoms with E-state index in [9.17, 15) is 18.0 Å². The molecule has 20 heavy (non-hydrogen) atoms. The lowest BCUT2D eigenvalue weighted by Crippen LogP contribution is -2.32. The number of halogens is 4. The smallest absolute Gasteiger partial charge is 0.327 e. The summed E-state index contributed by atoms with van der Waals surface area (Å²) in [6, 6.07) is 2.98. The molecule has 1 amide bonds. The summed E-state index contributed by atoms with van der Waals surface area (Å²) in [5.74, 6) is 1.82. The van der Waals surface area contributed by atoms with Crippen molar-refractivity contribution in [3.05, 3.63) is 33.8 Å². The number of benzene rings is 1. The lowest BCUT2D eigenvalue weighted by molar-refractivity contribution is -0.137. The van der Waals surface area contributed by atoms with Crippen LogP contribution >= 0.6 is 15.9 Å². The second-order valence-corrected chi connectivity index (χ2v) is 4.98. The zero-order valence-electron chi connectivity index (χ0n) is 10.8. The summed E-state index contributed by atoms with van der Waals surface area (Å²) in [6.45, 7) is 2.32. The molecule has 0 saturated heterocycles. The van der Waals surface area contributed by atoms with Crippen LogP contribution in [0.15, 0.2) is 22.7 Å². The minimum absolute atomic E-state index is 0.0384.